The van der Waals surface area contributed by atoms with E-state index in [1.165, 1.54) is 5.01 Å². The predicted octanol–water partition coefficient (Wildman–Crippen LogP) is 1.05. The fourth-order valence-corrected chi connectivity index (χ4v) is 3.98. The van der Waals surface area contributed by atoms with Gasteiger partial charge in [-0.2, -0.15) is 0 Å². The Morgan fingerprint density at radius 3 is 2.78 bits per heavy atom. The van der Waals surface area contributed by atoms with Gasteiger partial charge in [-0.15, -0.1) is 8.58 Å². The molecule has 1 aromatic carbocycles. The molecule has 0 aliphatic carbocycles. The molecule has 0 bridgehead atoms. The van der Waals surface area contributed by atoms with E-state index in [4.69, 9.17) is 5.84 Å². The summed E-state index contributed by atoms with van der Waals surface area (Å²) in [6, 6.07) is 9.41. The first kappa shape index (κ1) is 13.9. The van der Waals surface area contributed by atoms with Gasteiger partial charge in [0.15, 0.2) is 0 Å². The Labute approximate surface area is 110 Å². The van der Waals surface area contributed by atoms with Crippen LogP contribution in [0.4, 0.5) is 0 Å². The standard InChI is InChI=1S/C13H21N2O2P/c14-15(9-12-8-11(16)6-7-18-12)13(17)10-4-2-1-3-5-10/h1-5,11-13,16-18H,6-9,14H2/t11?,12-,13?/m1/s1. The van der Waals surface area contributed by atoms with Gasteiger partial charge in [0.05, 0.1) is 6.10 Å². The molecule has 0 radical (unpaired) electrons. The number of aliphatic hydroxyl groups is 2. The van der Waals surface area contributed by atoms with Crippen molar-refractivity contribution in [2.24, 2.45) is 5.84 Å². The fourth-order valence-electron chi connectivity index (χ4n) is 2.29. The summed E-state index contributed by atoms with van der Waals surface area (Å²) in [4.78, 5) is 0. The summed E-state index contributed by atoms with van der Waals surface area (Å²) >= 11 is 0. The van der Waals surface area contributed by atoms with E-state index in [1.54, 1.807) is 0 Å². The van der Waals surface area contributed by atoms with Crippen LogP contribution in [0.1, 0.15) is 24.6 Å². The number of nitrogens with two attached hydrogens (primary N) is 1. The first-order valence-corrected chi connectivity index (χ1v) is 7.61. The molecule has 1 aliphatic heterocycles. The second-order valence-corrected chi connectivity index (χ2v) is 6.54. The summed E-state index contributed by atoms with van der Waals surface area (Å²) in [6.07, 6.45) is 1.81. The van der Waals surface area contributed by atoms with Crippen molar-refractivity contribution >= 4 is 8.58 Å². The monoisotopic (exact) mass is 268 g/mol. The van der Waals surface area contributed by atoms with E-state index < -0.39 is 6.23 Å². The van der Waals surface area contributed by atoms with Crippen LogP contribution in [0.5, 0.6) is 0 Å². The zero-order valence-electron chi connectivity index (χ0n) is 10.4. The molecule has 4 N–H and O–H groups in total. The first-order valence-electron chi connectivity index (χ1n) is 6.32. The zero-order valence-corrected chi connectivity index (χ0v) is 11.4. The van der Waals surface area contributed by atoms with Gasteiger partial charge < -0.3 is 10.2 Å². The van der Waals surface area contributed by atoms with E-state index in [9.17, 15) is 10.2 Å². The summed E-state index contributed by atoms with van der Waals surface area (Å²) in [7, 11) is 0.829. The van der Waals surface area contributed by atoms with Crippen LogP contribution >= 0.6 is 8.58 Å². The molecule has 0 amide bonds. The Balaban J connectivity index is 1.89. The molecule has 5 heteroatoms. The van der Waals surface area contributed by atoms with Gasteiger partial charge in [-0.05, 0) is 30.2 Å². The van der Waals surface area contributed by atoms with Gasteiger partial charge in [-0.25, -0.2) is 5.01 Å². The highest BCUT2D eigenvalue weighted by atomic mass is 31.1. The third kappa shape index (κ3) is 3.74. The van der Waals surface area contributed by atoms with Crippen molar-refractivity contribution < 1.29 is 10.2 Å². The number of aliphatic hydroxyl groups excluding tert-OH is 2. The summed E-state index contributed by atoms with van der Waals surface area (Å²) < 4.78 is 0. The Hall–Kier alpha value is -0.510. The second-order valence-electron chi connectivity index (χ2n) is 4.81. The van der Waals surface area contributed by atoms with Gasteiger partial charge in [0.25, 0.3) is 0 Å². The topological polar surface area (TPSA) is 69.7 Å². The van der Waals surface area contributed by atoms with E-state index in [1.807, 2.05) is 30.3 Å². The Morgan fingerprint density at radius 2 is 2.11 bits per heavy atom. The van der Waals surface area contributed by atoms with Crippen molar-refractivity contribution in [3.05, 3.63) is 35.9 Å². The van der Waals surface area contributed by atoms with Crippen LogP contribution in [0, 0.1) is 0 Å². The van der Waals surface area contributed by atoms with Crippen molar-refractivity contribution in [1.29, 1.82) is 0 Å². The molecule has 1 heterocycles. The minimum Gasteiger partial charge on any atom is -0.393 e. The lowest BCUT2D eigenvalue weighted by Crippen LogP contribution is -2.41. The molecule has 1 aliphatic rings. The lowest BCUT2D eigenvalue weighted by molar-refractivity contribution is -0.00183. The normalized spacial score (nSPS) is 27.6. The highest BCUT2D eigenvalue weighted by Crippen LogP contribution is 2.32. The number of rotatable bonds is 4. The molecule has 18 heavy (non-hydrogen) atoms. The van der Waals surface area contributed by atoms with Crippen LogP contribution in [0.2, 0.25) is 0 Å². The molecule has 2 rings (SSSR count). The molecule has 4 atom stereocenters. The van der Waals surface area contributed by atoms with E-state index in [0.717, 1.165) is 33.1 Å². The third-order valence-electron chi connectivity index (χ3n) is 3.31. The Morgan fingerprint density at radius 1 is 1.39 bits per heavy atom. The lowest BCUT2D eigenvalue weighted by atomic mass is 10.1. The van der Waals surface area contributed by atoms with Gasteiger partial charge >= 0.3 is 0 Å². The Kier molecular flexibility index (Phi) is 5.10. The highest BCUT2D eigenvalue weighted by molar-refractivity contribution is 7.39. The number of hydrogen-bond donors (Lipinski definition) is 3. The maximum Gasteiger partial charge on any atom is 0.145 e. The zero-order chi connectivity index (χ0) is 13.0. The van der Waals surface area contributed by atoms with Gasteiger partial charge in [0.2, 0.25) is 0 Å². The maximum atomic E-state index is 10.1. The van der Waals surface area contributed by atoms with Crippen LogP contribution in [0.25, 0.3) is 0 Å². The summed E-state index contributed by atoms with van der Waals surface area (Å²) in [5, 5.41) is 21.2. The number of benzene rings is 1. The number of hydrogen-bond acceptors (Lipinski definition) is 4. The van der Waals surface area contributed by atoms with Gasteiger partial charge in [0, 0.05) is 6.54 Å². The summed E-state index contributed by atoms with van der Waals surface area (Å²) in [6.45, 7) is 0.631. The molecule has 1 aromatic rings. The van der Waals surface area contributed by atoms with Gasteiger partial charge in [-0.3, -0.25) is 5.84 Å². The van der Waals surface area contributed by atoms with Crippen molar-refractivity contribution in [2.75, 3.05) is 12.7 Å². The molecular formula is C13H21N2O2P. The van der Waals surface area contributed by atoms with Gasteiger partial charge in [0.1, 0.15) is 6.23 Å². The largest absolute Gasteiger partial charge is 0.393 e. The molecule has 100 valence electrons. The van der Waals surface area contributed by atoms with Crippen molar-refractivity contribution in [3.8, 4) is 0 Å². The van der Waals surface area contributed by atoms with Crippen LogP contribution < -0.4 is 5.84 Å². The summed E-state index contributed by atoms with van der Waals surface area (Å²) in [5.41, 5.74) is 1.21. The predicted molar refractivity (Wildman–Crippen MR) is 74.5 cm³/mol. The SMILES string of the molecule is NN(C[C@H]1CC(O)CCP1)C(O)c1ccccc1. The molecule has 3 unspecified atom stereocenters. The molecule has 1 fully saturated rings. The van der Waals surface area contributed by atoms with E-state index >= 15 is 0 Å². The average molecular weight is 268 g/mol. The fraction of sp³-hybridized carbons (Fsp3) is 0.538. The van der Waals surface area contributed by atoms with Crippen molar-refractivity contribution in [2.45, 2.75) is 30.8 Å². The van der Waals surface area contributed by atoms with Gasteiger partial charge in [-0.1, -0.05) is 30.3 Å². The first-order chi connectivity index (χ1) is 8.66. The molecule has 4 nitrogen and oxygen atoms in total. The Bertz CT molecular complexity index is 363. The molecule has 0 aromatic heterocycles. The summed E-state index contributed by atoms with van der Waals surface area (Å²) in [5.74, 6) is 5.93. The third-order valence-corrected chi connectivity index (χ3v) is 4.88. The minimum absolute atomic E-state index is 0.196. The number of nitrogens with zero attached hydrogens (tertiary/aromatic N) is 1. The van der Waals surface area contributed by atoms with Crippen LogP contribution in [-0.4, -0.2) is 39.7 Å². The molecular weight excluding hydrogens is 247 g/mol. The molecule has 0 saturated carbocycles. The highest BCUT2D eigenvalue weighted by Gasteiger charge is 2.24. The van der Waals surface area contributed by atoms with Crippen molar-refractivity contribution in [3.63, 3.8) is 0 Å². The molecule has 1 saturated heterocycles. The van der Waals surface area contributed by atoms with Crippen LogP contribution in [-0.2, 0) is 0 Å². The quantitative estimate of drug-likeness (QED) is 0.330. The van der Waals surface area contributed by atoms with Crippen LogP contribution in [0.15, 0.2) is 30.3 Å². The smallest absolute Gasteiger partial charge is 0.145 e. The van der Waals surface area contributed by atoms with E-state index in [0.29, 0.717) is 12.2 Å². The molecule has 0 spiro atoms. The van der Waals surface area contributed by atoms with Crippen LogP contribution in [0.3, 0.4) is 0 Å². The number of hydrazine groups is 1. The van der Waals surface area contributed by atoms with E-state index in [-0.39, 0.29) is 6.10 Å². The maximum absolute atomic E-state index is 10.1. The van der Waals surface area contributed by atoms with Crippen molar-refractivity contribution in [1.82, 2.24) is 5.01 Å². The average Bonchev–Trinajstić information content (AvgIpc) is 2.39. The minimum atomic E-state index is -0.768. The van der Waals surface area contributed by atoms with E-state index in [2.05, 4.69) is 0 Å². The lowest BCUT2D eigenvalue weighted by Gasteiger charge is -2.31. The second kappa shape index (κ2) is 6.60.